The highest BCUT2D eigenvalue weighted by Gasteiger charge is 2.42. The van der Waals surface area contributed by atoms with Crippen LogP contribution in [0.25, 0.3) is 6.08 Å². The molecule has 1 aliphatic rings. The third-order valence-corrected chi connectivity index (χ3v) is 8.55. The first-order chi connectivity index (χ1) is 14.6. The van der Waals surface area contributed by atoms with Crippen LogP contribution in [0.3, 0.4) is 0 Å². The maximum absolute atomic E-state index is 15.0. The molecular formula is C25H22NO3P. The molecule has 1 aliphatic heterocycles. The van der Waals surface area contributed by atoms with Crippen molar-refractivity contribution in [3.8, 4) is 0 Å². The molecule has 3 aromatic carbocycles. The maximum Gasteiger partial charge on any atom is 0.331 e. The van der Waals surface area contributed by atoms with E-state index in [2.05, 4.69) is 0 Å². The molecule has 0 saturated heterocycles. The fourth-order valence-corrected chi connectivity index (χ4v) is 7.02. The van der Waals surface area contributed by atoms with Crippen molar-refractivity contribution in [2.75, 3.05) is 7.11 Å². The largest absolute Gasteiger partial charge is 0.466 e. The number of carbonyl (C=O) groups is 1. The normalized spacial score (nSPS) is 15.8. The molecule has 0 N–H and O–H groups in total. The number of fused-ring (bicyclic) bond motifs is 1. The average Bonchev–Trinajstić information content (AvgIpc) is 2.82. The van der Waals surface area contributed by atoms with Crippen LogP contribution < -0.4 is 10.6 Å². The summed E-state index contributed by atoms with van der Waals surface area (Å²) < 4.78 is 19.8. The Morgan fingerprint density at radius 2 is 1.47 bits per heavy atom. The molecule has 0 saturated carbocycles. The van der Waals surface area contributed by atoms with Crippen molar-refractivity contribution in [1.82, 2.24) is 4.90 Å². The second-order valence-electron chi connectivity index (χ2n) is 6.93. The molecule has 1 heterocycles. The summed E-state index contributed by atoms with van der Waals surface area (Å²) in [5.74, 6) is -0.959. The van der Waals surface area contributed by atoms with Crippen molar-refractivity contribution in [2.24, 2.45) is 0 Å². The number of carbonyl (C=O) groups excluding carboxylic acids is 1. The van der Waals surface area contributed by atoms with Crippen LogP contribution in [0.15, 0.2) is 103 Å². The van der Waals surface area contributed by atoms with Gasteiger partial charge in [0, 0.05) is 29.1 Å². The van der Waals surface area contributed by atoms with Crippen molar-refractivity contribution < 1.29 is 14.1 Å². The molecule has 0 bridgehead atoms. The lowest BCUT2D eigenvalue weighted by Gasteiger charge is -2.38. The van der Waals surface area contributed by atoms with Crippen LogP contribution in [0.2, 0.25) is 0 Å². The Bertz CT molecular complexity index is 1100. The van der Waals surface area contributed by atoms with Crippen LogP contribution >= 0.6 is 7.14 Å². The SMILES string of the molecule is COC(=O)/C=C/N1C=Cc2ccccc2C1P(=O)(c1ccccc1)c1ccccc1. The van der Waals surface area contributed by atoms with Gasteiger partial charge in [-0.2, -0.15) is 0 Å². The number of esters is 1. The highest BCUT2D eigenvalue weighted by molar-refractivity contribution is 7.79. The molecular weight excluding hydrogens is 393 g/mol. The van der Waals surface area contributed by atoms with Crippen molar-refractivity contribution >= 4 is 29.8 Å². The van der Waals surface area contributed by atoms with Gasteiger partial charge in [0.25, 0.3) is 0 Å². The number of benzene rings is 3. The van der Waals surface area contributed by atoms with E-state index in [-0.39, 0.29) is 0 Å². The minimum Gasteiger partial charge on any atom is -0.466 e. The van der Waals surface area contributed by atoms with E-state index >= 15 is 4.57 Å². The van der Waals surface area contributed by atoms with Gasteiger partial charge < -0.3 is 14.2 Å². The van der Waals surface area contributed by atoms with E-state index < -0.39 is 18.9 Å². The van der Waals surface area contributed by atoms with Gasteiger partial charge in [-0.3, -0.25) is 0 Å². The maximum atomic E-state index is 15.0. The molecule has 5 heteroatoms. The predicted octanol–water partition coefficient (Wildman–Crippen LogP) is 4.67. The van der Waals surface area contributed by atoms with Crippen LogP contribution in [0.1, 0.15) is 16.9 Å². The molecule has 0 amide bonds. The summed E-state index contributed by atoms with van der Waals surface area (Å²) in [6.07, 6.45) is 6.83. The zero-order chi connectivity index (χ0) is 21.0. The lowest BCUT2D eigenvalue weighted by Crippen LogP contribution is -2.31. The number of ether oxygens (including phenoxy) is 1. The average molecular weight is 415 g/mol. The minimum absolute atomic E-state index is 0.463. The van der Waals surface area contributed by atoms with Crippen molar-refractivity contribution in [1.29, 1.82) is 0 Å². The monoisotopic (exact) mass is 415 g/mol. The van der Waals surface area contributed by atoms with E-state index in [0.29, 0.717) is 0 Å². The Labute approximate surface area is 176 Å². The Hall–Kier alpha value is -3.36. The standard InChI is InChI=1S/C25H22NO3P/c1-29-24(27)17-19-26-18-16-20-10-8-9-15-23(20)25(26)30(28,21-11-4-2-5-12-21)22-13-6-3-7-14-22/h2-19,25H,1H3/b19-17+. The van der Waals surface area contributed by atoms with E-state index in [0.717, 1.165) is 21.7 Å². The van der Waals surface area contributed by atoms with Crippen LogP contribution in [0.4, 0.5) is 0 Å². The Balaban J connectivity index is 1.96. The van der Waals surface area contributed by atoms with Crippen molar-refractivity contribution in [3.05, 3.63) is 115 Å². The Kier molecular flexibility index (Phi) is 5.69. The molecule has 0 aliphatic carbocycles. The van der Waals surface area contributed by atoms with E-state index in [1.54, 1.807) is 6.20 Å². The van der Waals surface area contributed by atoms with E-state index in [9.17, 15) is 4.79 Å². The summed E-state index contributed by atoms with van der Waals surface area (Å²) in [5.41, 5.74) is 1.96. The molecule has 0 radical (unpaired) electrons. The highest BCUT2D eigenvalue weighted by atomic mass is 31.2. The van der Waals surface area contributed by atoms with Crippen LogP contribution in [-0.4, -0.2) is 18.0 Å². The second-order valence-corrected chi connectivity index (χ2v) is 9.77. The third kappa shape index (κ3) is 3.62. The summed E-state index contributed by atoms with van der Waals surface area (Å²) in [6, 6.07) is 27.1. The quantitative estimate of drug-likeness (QED) is 0.345. The van der Waals surface area contributed by atoms with Gasteiger partial charge in [0.05, 0.1) is 7.11 Å². The predicted molar refractivity (Wildman–Crippen MR) is 121 cm³/mol. The lowest BCUT2D eigenvalue weighted by atomic mass is 10.0. The molecule has 30 heavy (non-hydrogen) atoms. The first kappa shape index (κ1) is 19.9. The molecule has 3 aromatic rings. The summed E-state index contributed by atoms with van der Waals surface area (Å²) in [5, 5.41) is 1.53. The van der Waals surface area contributed by atoms with Crippen molar-refractivity contribution in [2.45, 2.75) is 5.78 Å². The molecule has 150 valence electrons. The van der Waals surface area contributed by atoms with Gasteiger partial charge in [0.15, 0.2) is 7.14 Å². The van der Waals surface area contributed by atoms with Gasteiger partial charge in [0.2, 0.25) is 0 Å². The summed E-state index contributed by atoms with van der Waals surface area (Å²) in [4.78, 5) is 13.6. The van der Waals surface area contributed by atoms with Gasteiger partial charge in [-0.25, -0.2) is 4.79 Å². The second kappa shape index (κ2) is 8.56. The van der Waals surface area contributed by atoms with Gasteiger partial charge in [-0.1, -0.05) is 84.9 Å². The summed E-state index contributed by atoms with van der Waals surface area (Å²) >= 11 is 0. The zero-order valence-electron chi connectivity index (χ0n) is 16.6. The van der Waals surface area contributed by atoms with Gasteiger partial charge in [0.1, 0.15) is 5.78 Å². The molecule has 0 spiro atoms. The molecule has 0 fully saturated rings. The van der Waals surface area contributed by atoms with Gasteiger partial charge in [-0.05, 0) is 17.2 Å². The topological polar surface area (TPSA) is 46.6 Å². The van der Waals surface area contributed by atoms with Gasteiger partial charge in [-0.15, -0.1) is 0 Å². The fraction of sp³-hybridized carbons (Fsp3) is 0.0800. The number of nitrogens with zero attached hydrogens (tertiary/aromatic N) is 1. The highest BCUT2D eigenvalue weighted by Crippen LogP contribution is 2.60. The fourth-order valence-electron chi connectivity index (χ4n) is 3.77. The molecule has 4 nitrogen and oxygen atoms in total. The number of methoxy groups -OCH3 is 1. The van der Waals surface area contributed by atoms with Crippen LogP contribution in [-0.2, 0) is 14.1 Å². The first-order valence-electron chi connectivity index (χ1n) is 9.66. The van der Waals surface area contributed by atoms with E-state index in [1.807, 2.05) is 102 Å². The number of hydrogen-bond acceptors (Lipinski definition) is 4. The molecule has 0 aromatic heterocycles. The van der Waals surface area contributed by atoms with Gasteiger partial charge >= 0.3 is 5.97 Å². The zero-order valence-corrected chi connectivity index (χ0v) is 17.5. The Morgan fingerprint density at radius 1 is 0.900 bits per heavy atom. The molecule has 4 rings (SSSR count). The van der Waals surface area contributed by atoms with Crippen LogP contribution in [0.5, 0.6) is 0 Å². The first-order valence-corrected chi connectivity index (χ1v) is 11.4. The smallest absolute Gasteiger partial charge is 0.331 e. The van der Waals surface area contributed by atoms with E-state index in [1.165, 1.54) is 13.2 Å². The van der Waals surface area contributed by atoms with Crippen LogP contribution in [0, 0.1) is 0 Å². The third-order valence-electron chi connectivity index (χ3n) is 5.19. The number of rotatable bonds is 5. The van der Waals surface area contributed by atoms with E-state index in [4.69, 9.17) is 4.74 Å². The summed E-state index contributed by atoms with van der Waals surface area (Å²) in [6.45, 7) is 0. The minimum atomic E-state index is -3.19. The van der Waals surface area contributed by atoms with Crippen molar-refractivity contribution in [3.63, 3.8) is 0 Å². The summed E-state index contributed by atoms with van der Waals surface area (Å²) in [7, 11) is -1.85. The Morgan fingerprint density at radius 3 is 2.07 bits per heavy atom. The molecule has 1 atom stereocenters. The lowest BCUT2D eigenvalue weighted by molar-refractivity contribution is -0.134. The number of hydrogen-bond donors (Lipinski definition) is 0. The molecule has 1 unspecified atom stereocenters.